The topological polar surface area (TPSA) is 159 Å². The first-order valence-corrected chi connectivity index (χ1v) is 15.9. The average Bonchev–Trinajstić information content (AvgIpc) is 3.75. The number of ether oxygens (including phenoxy) is 7. The highest BCUT2D eigenvalue weighted by atomic mass is 16.6. The molecular formula is C39H36O12. The van der Waals surface area contributed by atoms with Crippen molar-refractivity contribution in [2.45, 2.75) is 12.2 Å². The summed E-state index contributed by atoms with van der Waals surface area (Å²) < 4.78 is 39.8. The summed E-state index contributed by atoms with van der Waals surface area (Å²) in [7, 11) is 4.42. The van der Waals surface area contributed by atoms with Crippen molar-refractivity contribution in [3.8, 4) is 46.0 Å². The van der Waals surface area contributed by atoms with E-state index in [0.717, 1.165) is 11.1 Å². The predicted molar refractivity (Wildman–Crippen MR) is 184 cm³/mol. The van der Waals surface area contributed by atoms with E-state index < -0.39 is 11.9 Å². The van der Waals surface area contributed by atoms with E-state index in [-0.39, 0.29) is 58.5 Å². The zero-order chi connectivity index (χ0) is 36.1. The highest BCUT2D eigenvalue weighted by Gasteiger charge is 2.48. The number of benzene rings is 4. The first-order chi connectivity index (χ1) is 24.7. The van der Waals surface area contributed by atoms with Gasteiger partial charge in [0.2, 0.25) is 0 Å². The highest BCUT2D eigenvalue weighted by molar-refractivity contribution is 5.90. The summed E-state index contributed by atoms with van der Waals surface area (Å²) in [5.41, 5.74) is 2.85. The normalized spacial score (nSPS) is 19.6. The molecule has 2 aliphatic rings. The molecule has 4 atom stereocenters. The van der Waals surface area contributed by atoms with Crippen LogP contribution in [0, 0.1) is 11.8 Å². The standard InChI is InChI=1S/C39H36O12/c1-45-33-17-23(5-11-29(33)41)7-15-37(44)51-32-13-9-25(19-35(32)47-3)39-27-21-48-38(26(27)20-49-39)24-8-12-31(34(18-24)46-2)50-36(43)14-6-22-4-10-28(40)30(42)16-22/h4-19,26-27,38-42H,20-21H2,1-3H3/t26-,27+,38-,39+/m0/s1. The number of carbonyl (C=O) groups is 2. The van der Waals surface area contributed by atoms with Gasteiger partial charge in [0.05, 0.1) is 46.8 Å². The van der Waals surface area contributed by atoms with Crippen LogP contribution in [0.5, 0.6) is 46.0 Å². The van der Waals surface area contributed by atoms with Gasteiger partial charge in [-0.05, 0) is 82.9 Å². The Morgan fingerprint density at radius 2 is 1.04 bits per heavy atom. The molecule has 0 radical (unpaired) electrons. The third-order valence-electron chi connectivity index (χ3n) is 8.74. The molecule has 4 aromatic carbocycles. The van der Waals surface area contributed by atoms with Gasteiger partial charge in [-0.15, -0.1) is 0 Å². The molecule has 2 fully saturated rings. The SMILES string of the molecule is COc1cc(C=CC(=O)Oc2ccc([C@H]3OC[C@H]4[C@H]3CO[C@H]4c3ccc(OC(=O)C=Cc4ccc(O)c(O)c4)c(OC)c3)cc2OC)ccc1O. The van der Waals surface area contributed by atoms with E-state index >= 15 is 0 Å². The Kier molecular flexibility index (Phi) is 10.4. The van der Waals surface area contributed by atoms with Crippen LogP contribution in [0.2, 0.25) is 0 Å². The van der Waals surface area contributed by atoms with Crippen LogP contribution in [-0.4, -0.2) is 61.8 Å². The number of methoxy groups -OCH3 is 3. The van der Waals surface area contributed by atoms with Crippen LogP contribution in [0.25, 0.3) is 12.2 Å². The summed E-state index contributed by atoms with van der Waals surface area (Å²) in [5, 5.41) is 28.9. The summed E-state index contributed by atoms with van der Waals surface area (Å²) in [5.74, 6) is -0.274. The van der Waals surface area contributed by atoms with Gasteiger partial charge in [-0.3, -0.25) is 0 Å². The molecule has 12 heteroatoms. The Labute approximate surface area is 293 Å². The van der Waals surface area contributed by atoms with Gasteiger partial charge in [0.15, 0.2) is 46.0 Å². The summed E-state index contributed by atoms with van der Waals surface area (Å²) in [6, 6.07) is 19.5. The van der Waals surface area contributed by atoms with Crippen LogP contribution < -0.4 is 23.7 Å². The Balaban J connectivity index is 1.09. The predicted octanol–water partition coefficient (Wildman–Crippen LogP) is 6.14. The molecule has 0 spiro atoms. The van der Waals surface area contributed by atoms with Crippen LogP contribution in [0.4, 0.5) is 0 Å². The molecule has 0 saturated carbocycles. The van der Waals surface area contributed by atoms with Crippen molar-refractivity contribution in [3.05, 3.63) is 107 Å². The molecule has 4 aromatic rings. The number of carbonyl (C=O) groups excluding carboxylic acids is 2. The quantitative estimate of drug-likeness (QED) is 0.0713. The van der Waals surface area contributed by atoms with Gasteiger partial charge < -0.3 is 48.5 Å². The van der Waals surface area contributed by atoms with E-state index in [4.69, 9.17) is 33.2 Å². The summed E-state index contributed by atoms with van der Waals surface area (Å²) in [4.78, 5) is 25.2. The van der Waals surface area contributed by atoms with E-state index in [0.29, 0.717) is 35.8 Å². The number of aromatic hydroxyl groups is 3. The van der Waals surface area contributed by atoms with Crippen molar-refractivity contribution in [2.24, 2.45) is 11.8 Å². The molecule has 0 unspecified atom stereocenters. The number of phenols is 3. The minimum Gasteiger partial charge on any atom is -0.504 e. The molecule has 2 saturated heterocycles. The van der Waals surface area contributed by atoms with Gasteiger partial charge in [0, 0.05) is 24.0 Å². The second-order valence-corrected chi connectivity index (χ2v) is 11.8. The van der Waals surface area contributed by atoms with Gasteiger partial charge >= 0.3 is 11.9 Å². The molecule has 3 N–H and O–H groups in total. The Morgan fingerprint density at radius 3 is 1.51 bits per heavy atom. The van der Waals surface area contributed by atoms with Gasteiger partial charge in [0.25, 0.3) is 0 Å². The molecule has 2 heterocycles. The first kappa shape index (κ1) is 34.9. The zero-order valence-electron chi connectivity index (χ0n) is 28.0. The van der Waals surface area contributed by atoms with Crippen LogP contribution in [0.3, 0.4) is 0 Å². The molecule has 2 aliphatic heterocycles. The van der Waals surface area contributed by atoms with Crippen LogP contribution in [0.1, 0.15) is 34.5 Å². The number of hydrogen-bond acceptors (Lipinski definition) is 12. The van der Waals surface area contributed by atoms with E-state index in [1.54, 1.807) is 48.5 Å². The van der Waals surface area contributed by atoms with Gasteiger partial charge in [-0.2, -0.15) is 0 Å². The van der Waals surface area contributed by atoms with Gasteiger partial charge in [-0.25, -0.2) is 9.59 Å². The van der Waals surface area contributed by atoms with Gasteiger partial charge in [-0.1, -0.05) is 24.3 Å². The Bertz CT molecular complexity index is 1980. The second kappa shape index (κ2) is 15.3. The fraction of sp³-hybridized carbons (Fsp3) is 0.231. The lowest BCUT2D eigenvalue weighted by Crippen LogP contribution is -2.15. The van der Waals surface area contributed by atoms with E-state index in [1.165, 1.54) is 57.8 Å². The average molecular weight is 697 g/mol. The van der Waals surface area contributed by atoms with Crippen molar-refractivity contribution in [1.82, 2.24) is 0 Å². The largest absolute Gasteiger partial charge is 0.504 e. The lowest BCUT2D eigenvalue weighted by Gasteiger charge is -2.19. The maximum Gasteiger partial charge on any atom is 0.336 e. The van der Waals surface area contributed by atoms with Crippen LogP contribution in [-0.2, 0) is 19.1 Å². The number of esters is 2. The molecule has 6 rings (SSSR count). The monoisotopic (exact) mass is 696 g/mol. The van der Waals surface area contributed by atoms with E-state index in [1.807, 2.05) is 12.1 Å². The minimum absolute atomic E-state index is 0.00396. The smallest absolute Gasteiger partial charge is 0.336 e. The van der Waals surface area contributed by atoms with E-state index in [9.17, 15) is 24.9 Å². The Morgan fingerprint density at radius 1 is 0.569 bits per heavy atom. The third kappa shape index (κ3) is 7.77. The lowest BCUT2D eigenvalue weighted by atomic mass is 9.85. The second-order valence-electron chi connectivity index (χ2n) is 11.8. The van der Waals surface area contributed by atoms with Crippen LogP contribution in [0.15, 0.2) is 84.9 Å². The maximum atomic E-state index is 12.6. The van der Waals surface area contributed by atoms with Crippen molar-refractivity contribution in [1.29, 1.82) is 0 Å². The van der Waals surface area contributed by atoms with Crippen LogP contribution >= 0.6 is 0 Å². The molecule has 0 aromatic heterocycles. The molecular weight excluding hydrogens is 660 g/mol. The molecule has 0 aliphatic carbocycles. The Hall–Kier alpha value is -5.98. The van der Waals surface area contributed by atoms with Crippen molar-refractivity contribution in [2.75, 3.05) is 34.5 Å². The van der Waals surface area contributed by atoms with Crippen molar-refractivity contribution >= 4 is 24.1 Å². The molecule has 51 heavy (non-hydrogen) atoms. The fourth-order valence-corrected chi connectivity index (χ4v) is 6.18. The first-order valence-electron chi connectivity index (χ1n) is 15.9. The fourth-order valence-electron chi connectivity index (χ4n) is 6.18. The molecule has 0 bridgehead atoms. The molecule has 12 nitrogen and oxygen atoms in total. The summed E-state index contributed by atoms with van der Waals surface area (Å²) in [6.07, 6.45) is 4.92. The zero-order valence-corrected chi connectivity index (χ0v) is 28.0. The summed E-state index contributed by atoms with van der Waals surface area (Å²) >= 11 is 0. The van der Waals surface area contributed by atoms with Gasteiger partial charge in [0.1, 0.15) is 0 Å². The minimum atomic E-state index is -0.652. The molecule has 0 amide bonds. The molecule has 264 valence electrons. The van der Waals surface area contributed by atoms with Crippen molar-refractivity contribution < 1.29 is 58.1 Å². The number of phenolic OH excluding ortho intramolecular Hbond substituents is 3. The van der Waals surface area contributed by atoms with Crippen molar-refractivity contribution in [3.63, 3.8) is 0 Å². The number of rotatable bonds is 11. The van der Waals surface area contributed by atoms with E-state index in [2.05, 4.69) is 0 Å². The number of hydrogen-bond donors (Lipinski definition) is 3. The maximum absolute atomic E-state index is 12.6. The third-order valence-corrected chi connectivity index (χ3v) is 8.74. The highest BCUT2D eigenvalue weighted by Crippen LogP contribution is 2.51. The summed E-state index contributed by atoms with van der Waals surface area (Å²) in [6.45, 7) is 0.894. The lowest BCUT2D eigenvalue weighted by molar-refractivity contribution is -0.129. The number of fused-ring (bicyclic) bond motifs is 1.